The Morgan fingerprint density at radius 1 is 1.00 bits per heavy atom. The van der Waals surface area contributed by atoms with E-state index in [0.29, 0.717) is 0 Å². The number of hydrogen-bond donors (Lipinski definition) is 0. The van der Waals surface area contributed by atoms with Gasteiger partial charge in [-0.05, 0) is 24.7 Å². The van der Waals surface area contributed by atoms with Crippen LogP contribution in [0.1, 0.15) is 12.8 Å². The molecule has 1 heterocycles. The normalized spacial score (nSPS) is 46.5. The maximum Gasteiger partial charge on any atom is 0.318 e. The summed E-state index contributed by atoms with van der Waals surface area (Å²) in [6, 6.07) is 0. The van der Waals surface area contributed by atoms with E-state index in [-0.39, 0.29) is 35.6 Å². The zero-order valence-corrected chi connectivity index (χ0v) is 7.10. The minimum Gasteiger partial charge on any atom is -0.393 e. The molecular formula is C10H10O3. The van der Waals surface area contributed by atoms with Crippen molar-refractivity contribution in [1.82, 2.24) is 0 Å². The lowest BCUT2D eigenvalue weighted by Crippen LogP contribution is -2.38. The van der Waals surface area contributed by atoms with Gasteiger partial charge in [-0.3, -0.25) is 9.59 Å². The highest BCUT2D eigenvalue weighted by Crippen LogP contribution is 2.48. The number of rotatable bonds is 0. The SMILES string of the molecule is O=C1OC(=O)C2C1C1C=C[C@@H]2CC1. The Balaban J connectivity index is 2.07. The Hall–Kier alpha value is -1.12. The van der Waals surface area contributed by atoms with E-state index >= 15 is 0 Å². The van der Waals surface area contributed by atoms with Gasteiger partial charge in [-0.1, -0.05) is 12.2 Å². The zero-order chi connectivity index (χ0) is 9.00. The molecule has 3 nitrogen and oxygen atoms in total. The summed E-state index contributed by atoms with van der Waals surface area (Å²) in [6.07, 6.45) is 6.22. The number of carbonyl (C=O) groups is 2. The van der Waals surface area contributed by atoms with Crippen molar-refractivity contribution < 1.29 is 14.3 Å². The monoisotopic (exact) mass is 178 g/mol. The Kier molecular flexibility index (Phi) is 1.25. The van der Waals surface area contributed by atoms with Crippen LogP contribution < -0.4 is 0 Å². The van der Waals surface area contributed by atoms with Gasteiger partial charge in [-0.25, -0.2) is 0 Å². The van der Waals surface area contributed by atoms with E-state index in [0.717, 1.165) is 12.8 Å². The van der Waals surface area contributed by atoms with Gasteiger partial charge in [0.25, 0.3) is 0 Å². The molecule has 1 saturated carbocycles. The van der Waals surface area contributed by atoms with Crippen LogP contribution in [-0.4, -0.2) is 11.9 Å². The molecule has 3 aliphatic carbocycles. The minimum atomic E-state index is -0.297. The van der Waals surface area contributed by atoms with Gasteiger partial charge in [0.15, 0.2) is 0 Å². The summed E-state index contributed by atoms with van der Waals surface area (Å²) in [4.78, 5) is 22.7. The topological polar surface area (TPSA) is 43.4 Å². The van der Waals surface area contributed by atoms with Gasteiger partial charge in [0.05, 0.1) is 11.8 Å². The largest absolute Gasteiger partial charge is 0.393 e. The van der Waals surface area contributed by atoms with Crippen LogP contribution in [-0.2, 0) is 14.3 Å². The molecule has 0 spiro atoms. The van der Waals surface area contributed by atoms with Crippen molar-refractivity contribution in [3.8, 4) is 0 Å². The van der Waals surface area contributed by atoms with E-state index in [1.807, 2.05) is 0 Å². The number of cyclic esters (lactones) is 2. The van der Waals surface area contributed by atoms with E-state index in [9.17, 15) is 9.59 Å². The first-order valence-electron chi connectivity index (χ1n) is 4.71. The van der Waals surface area contributed by atoms with Gasteiger partial charge in [-0.2, -0.15) is 0 Å². The van der Waals surface area contributed by atoms with Crippen LogP contribution in [0.15, 0.2) is 12.2 Å². The lowest BCUT2D eigenvalue weighted by molar-refractivity contribution is -0.154. The molecule has 4 rings (SSSR count). The van der Waals surface area contributed by atoms with Crippen LogP contribution in [0.4, 0.5) is 0 Å². The Labute approximate surface area is 75.8 Å². The highest BCUT2D eigenvalue weighted by molar-refractivity contribution is 5.97. The molecule has 68 valence electrons. The molecule has 0 aromatic rings. The van der Waals surface area contributed by atoms with Crippen LogP contribution in [0.25, 0.3) is 0 Å². The third-order valence-electron chi connectivity index (χ3n) is 3.49. The predicted octanol–water partition coefficient (Wildman–Crippen LogP) is 0.898. The molecular weight excluding hydrogens is 168 g/mol. The first-order chi connectivity index (χ1) is 6.27. The standard InChI is InChI=1S/C10H10O3/c11-9-7-5-1-2-6(4-3-5)8(7)10(12)13-9/h1-2,5-8H,3-4H2/t5-,6?,7?,8?/m1/s1. The second kappa shape index (κ2) is 2.22. The minimum absolute atomic E-state index is 0.156. The summed E-state index contributed by atoms with van der Waals surface area (Å²) >= 11 is 0. The van der Waals surface area contributed by atoms with Crippen LogP contribution >= 0.6 is 0 Å². The van der Waals surface area contributed by atoms with Crippen molar-refractivity contribution in [2.45, 2.75) is 12.8 Å². The first kappa shape index (κ1) is 7.30. The molecule has 1 aliphatic heterocycles. The molecule has 0 radical (unpaired) electrons. The molecule has 0 aromatic carbocycles. The number of fused-ring (bicyclic) bond motifs is 1. The molecule has 0 aromatic heterocycles. The van der Waals surface area contributed by atoms with Gasteiger partial charge in [0.2, 0.25) is 0 Å². The second-order valence-electron chi connectivity index (χ2n) is 4.08. The molecule has 3 unspecified atom stereocenters. The molecule has 0 amide bonds. The zero-order valence-electron chi connectivity index (χ0n) is 7.10. The Morgan fingerprint density at radius 3 is 1.85 bits per heavy atom. The van der Waals surface area contributed by atoms with Gasteiger partial charge < -0.3 is 4.74 Å². The summed E-state index contributed by atoms with van der Waals surface area (Å²) in [6.45, 7) is 0. The first-order valence-corrected chi connectivity index (χ1v) is 4.71. The summed E-state index contributed by atoms with van der Waals surface area (Å²) < 4.78 is 4.67. The van der Waals surface area contributed by atoms with E-state index in [2.05, 4.69) is 16.9 Å². The highest BCUT2D eigenvalue weighted by Gasteiger charge is 2.54. The fourth-order valence-corrected chi connectivity index (χ4v) is 2.87. The van der Waals surface area contributed by atoms with Crippen molar-refractivity contribution in [1.29, 1.82) is 0 Å². The molecule has 0 N–H and O–H groups in total. The van der Waals surface area contributed by atoms with E-state index in [1.54, 1.807) is 0 Å². The van der Waals surface area contributed by atoms with Crippen molar-refractivity contribution in [3.63, 3.8) is 0 Å². The molecule has 4 aliphatic rings. The van der Waals surface area contributed by atoms with E-state index < -0.39 is 0 Å². The van der Waals surface area contributed by atoms with Gasteiger partial charge >= 0.3 is 11.9 Å². The van der Waals surface area contributed by atoms with Crippen molar-refractivity contribution in [2.75, 3.05) is 0 Å². The van der Waals surface area contributed by atoms with E-state index in [4.69, 9.17) is 0 Å². The molecule has 3 heteroatoms. The quantitative estimate of drug-likeness (QED) is 0.314. The van der Waals surface area contributed by atoms with Crippen molar-refractivity contribution in [2.24, 2.45) is 23.7 Å². The molecule has 1 saturated heterocycles. The summed E-state index contributed by atoms with van der Waals surface area (Å²) in [5.41, 5.74) is 0. The number of esters is 2. The summed E-state index contributed by atoms with van der Waals surface area (Å²) in [5.74, 6) is -0.390. The Bertz CT molecular complexity index is 288. The van der Waals surface area contributed by atoms with Gasteiger partial charge in [0, 0.05) is 0 Å². The average molecular weight is 178 g/mol. The third kappa shape index (κ3) is 0.794. The number of ether oxygens (including phenoxy) is 1. The van der Waals surface area contributed by atoms with Crippen LogP contribution in [0.2, 0.25) is 0 Å². The molecule has 13 heavy (non-hydrogen) atoms. The average Bonchev–Trinajstić information content (AvgIpc) is 2.47. The Morgan fingerprint density at radius 2 is 1.46 bits per heavy atom. The van der Waals surface area contributed by atoms with Crippen molar-refractivity contribution in [3.05, 3.63) is 12.2 Å². The highest BCUT2D eigenvalue weighted by atomic mass is 16.6. The van der Waals surface area contributed by atoms with Gasteiger partial charge in [0.1, 0.15) is 0 Å². The maximum absolute atomic E-state index is 11.3. The van der Waals surface area contributed by atoms with Crippen LogP contribution in [0, 0.1) is 23.7 Å². The van der Waals surface area contributed by atoms with Crippen molar-refractivity contribution >= 4 is 11.9 Å². The fourth-order valence-electron chi connectivity index (χ4n) is 2.87. The number of allylic oxidation sites excluding steroid dienone is 2. The lowest BCUT2D eigenvalue weighted by Gasteiger charge is -2.37. The molecule has 2 fully saturated rings. The fraction of sp³-hybridized carbons (Fsp3) is 0.600. The molecule has 2 bridgehead atoms. The third-order valence-corrected chi connectivity index (χ3v) is 3.49. The number of hydrogen-bond acceptors (Lipinski definition) is 3. The lowest BCUT2D eigenvalue weighted by atomic mass is 9.63. The smallest absolute Gasteiger partial charge is 0.318 e. The van der Waals surface area contributed by atoms with Crippen LogP contribution in [0.5, 0.6) is 0 Å². The summed E-state index contributed by atoms with van der Waals surface area (Å²) in [7, 11) is 0. The van der Waals surface area contributed by atoms with E-state index in [1.165, 1.54) is 0 Å². The second-order valence-corrected chi connectivity index (χ2v) is 4.08. The predicted molar refractivity (Wildman–Crippen MR) is 43.4 cm³/mol. The van der Waals surface area contributed by atoms with Crippen LogP contribution in [0.3, 0.4) is 0 Å². The molecule has 4 atom stereocenters. The maximum atomic E-state index is 11.3. The van der Waals surface area contributed by atoms with Gasteiger partial charge in [-0.15, -0.1) is 0 Å². The summed E-state index contributed by atoms with van der Waals surface area (Å²) in [5, 5.41) is 0. The number of carbonyl (C=O) groups excluding carboxylic acids is 2.